The molecule has 0 saturated heterocycles. The van der Waals surface area contributed by atoms with E-state index in [2.05, 4.69) is 31.2 Å². The summed E-state index contributed by atoms with van der Waals surface area (Å²) in [6, 6.07) is 10.5. The maximum atomic E-state index is 10.5. The Balaban J connectivity index is 1.89. The van der Waals surface area contributed by atoms with Crippen molar-refractivity contribution in [2.45, 2.75) is 51.0 Å². The summed E-state index contributed by atoms with van der Waals surface area (Å²) in [5.74, 6) is 0.689. The molecule has 0 aromatic heterocycles. The lowest BCUT2D eigenvalue weighted by atomic mass is 9.76. The summed E-state index contributed by atoms with van der Waals surface area (Å²) >= 11 is 0. The van der Waals surface area contributed by atoms with Gasteiger partial charge in [0.05, 0.1) is 5.60 Å². The van der Waals surface area contributed by atoms with E-state index >= 15 is 0 Å². The van der Waals surface area contributed by atoms with Crippen molar-refractivity contribution in [3.8, 4) is 0 Å². The van der Waals surface area contributed by atoms with Gasteiger partial charge in [0.25, 0.3) is 0 Å². The molecule has 1 aliphatic carbocycles. The van der Waals surface area contributed by atoms with Crippen LogP contribution in [0.3, 0.4) is 0 Å². The highest BCUT2D eigenvalue weighted by Gasteiger charge is 2.31. The standard InChI is InChI=1S/C15H22O/c1-13-6-5-10-15(16,12-13)11-9-14-7-3-2-4-8-14/h2-4,7-8,13,16H,5-6,9-12H2,1H3. The largest absolute Gasteiger partial charge is 0.390 e. The highest BCUT2D eigenvalue weighted by Crippen LogP contribution is 2.35. The molecule has 1 saturated carbocycles. The Bertz CT molecular complexity index is 319. The van der Waals surface area contributed by atoms with Gasteiger partial charge in [0.15, 0.2) is 0 Å². The smallest absolute Gasteiger partial charge is 0.0653 e. The van der Waals surface area contributed by atoms with Crippen molar-refractivity contribution in [1.82, 2.24) is 0 Å². The first-order valence-electron chi connectivity index (χ1n) is 6.44. The minimum Gasteiger partial charge on any atom is -0.390 e. The third kappa shape index (κ3) is 3.08. The summed E-state index contributed by atoms with van der Waals surface area (Å²) in [5.41, 5.74) is 0.946. The van der Waals surface area contributed by atoms with Crippen LogP contribution >= 0.6 is 0 Å². The number of aryl methyl sites for hydroxylation is 1. The lowest BCUT2D eigenvalue weighted by Gasteiger charge is -2.35. The number of benzene rings is 1. The van der Waals surface area contributed by atoms with Crippen molar-refractivity contribution < 1.29 is 5.11 Å². The van der Waals surface area contributed by atoms with Gasteiger partial charge in [-0.3, -0.25) is 0 Å². The van der Waals surface area contributed by atoms with Crippen LogP contribution < -0.4 is 0 Å². The van der Waals surface area contributed by atoms with Gasteiger partial charge in [-0.1, -0.05) is 50.1 Å². The topological polar surface area (TPSA) is 20.2 Å². The molecule has 2 atom stereocenters. The fourth-order valence-electron chi connectivity index (χ4n) is 2.88. The average molecular weight is 218 g/mol. The molecule has 2 rings (SSSR count). The third-order valence-electron chi connectivity index (χ3n) is 3.79. The summed E-state index contributed by atoms with van der Waals surface area (Å²) in [6.45, 7) is 2.26. The predicted molar refractivity (Wildman–Crippen MR) is 67.3 cm³/mol. The number of hydrogen-bond acceptors (Lipinski definition) is 1. The van der Waals surface area contributed by atoms with Gasteiger partial charge < -0.3 is 5.11 Å². The van der Waals surface area contributed by atoms with Crippen LogP contribution in [0, 0.1) is 5.92 Å². The Labute approximate surface area is 98.5 Å². The molecule has 1 aromatic carbocycles. The molecule has 0 spiro atoms. The summed E-state index contributed by atoms with van der Waals surface area (Å²) in [7, 11) is 0. The minimum atomic E-state index is -0.395. The molecule has 1 aliphatic rings. The minimum absolute atomic E-state index is 0.395. The van der Waals surface area contributed by atoms with E-state index < -0.39 is 5.60 Å². The second-order valence-electron chi connectivity index (χ2n) is 5.41. The highest BCUT2D eigenvalue weighted by molar-refractivity contribution is 5.15. The fraction of sp³-hybridized carbons (Fsp3) is 0.600. The zero-order chi connectivity index (χ0) is 11.4. The lowest BCUT2D eigenvalue weighted by Crippen LogP contribution is -2.34. The van der Waals surface area contributed by atoms with Crippen LogP contribution in [-0.4, -0.2) is 10.7 Å². The molecule has 0 aliphatic heterocycles. The van der Waals surface area contributed by atoms with Crippen LogP contribution in [0.2, 0.25) is 0 Å². The maximum Gasteiger partial charge on any atom is 0.0653 e. The Morgan fingerprint density at radius 1 is 1.31 bits per heavy atom. The van der Waals surface area contributed by atoms with Gasteiger partial charge in [-0.25, -0.2) is 0 Å². The van der Waals surface area contributed by atoms with E-state index in [4.69, 9.17) is 0 Å². The molecule has 1 fully saturated rings. The van der Waals surface area contributed by atoms with Gasteiger partial charge in [0.2, 0.25) is 0 Å². The predicted octanol–water partition coefficient (Wildman–Crippen LogP) is 3.56. The molecular formula is C15H22O. The van der Waals surface area contributed by atoms with E-state index in [1.54, 1.807) is 0 Å². The van der Waals surface area contributed by atoms with Gasteiger partial charge >= 0.3 is 0 Å². The van der Waals surface area contributed by atoms with Crippen LogP contribution in [0.25, 0.3) is 0 Å². The quantitative estimate of drug-likeness (QED) is 0.822. The highest BCUT2D eigenvalue weighted by atomic mass is 16.3. The molecule has 1 N–H and O–H groups in total. The fourth-order valence-corrected chi connectivity index (χ4v) is 2.88. The van der Waals surface area contributed by atoms with Gasteiger partial charge in [0.1, 0.15) is 0 Å². The zero-order valence-corrected chi connectivity index (χ0v) is 10.2. The molecular weight excluding hydrogens is 196 g/mol. The summed E-state index contributed by atoms with van der Waals surface area (Å²) in [6.07, 6.45) is 6.37. The van der Waals surface area contributed by atoms with E-state index in [0.717, 1.165) is 25.7 Å². The Morgan fingerprint density at radius 2 is 2.06 bits per heavy atom. The van der Waals surface area contributed by atoms with Gasteiger partial charge in [-0.15, -0.1) is 0 Å². The molecule has 2 unspecified atom stereocenters. The van der Waals surface area contributed by atoms with Crippen molar-refractivity contribution in [3.05, 3.63) is 35.9 Å². The number of rotatable bonds is 3. The normalized spacial score (nSPS) is 30.2. The van der Waals surface area contributed by atoms with Crippen molar-refractivity contribution in [1.29, 1.82) is 0 Å². The molecule has 1 heteroatoms. The van der Waals surface area contributed by atoms with Gasteiger partial charge in [0, 0.05) is 0 Å². The molecule has 1 aromatic rings. The SMILES string of the molecule is CC1CCCC(O)(CCc2ccccc2)C1. The summed E-state index contributed by atoms with van der Waals surface area (Å²) in [5, 5.41) is 10.5. The number of aliphatic hydroxyl groups is 1. The van der Waals surface area contributed by atoms with Crippen LogP contribution in [0.15, 0.2) is 30.3 Å². The molecule has 0 radical (unpaired) electrons. The first kappa shape index (κ1) is 11.7. The Morgan fingerprint density at radius 3 is 2.75 bits per heavy atom. The van der Waals surface area contributed by atoms with Crippen LogP contribution in [0.1, 0.15) is 44.6 Å². The monoisotopic (exact) mass is 218 g/mol. The molecule has 16 heavy (non-hydrogen) atoms. The molecule has 0 bridgehead atoms. The molecule has 88 valence electrons. The molecule has 1 nitrogen and oxygen atoms in total. The second kappa shape index (κ2) is 5.01. The number of hydrogen-bond donors (Lipinski definition) is 1. The van der Waals surface area contributed by atoms with E-state index in [9.17, 15) is 5.11 Å². The van der Waals surface area contributed by atoms with E-state index in [1.165, 1.54) is 18.4 Å². The van der Waals surface area contributed by atoms with Crippen LogP contribution in [-0.2, 0) is 6.42 Å². The maximum absolute atomic E-state index is 10.5. The third-order valence-corrected chi connectivity index (χ3v) is 3.79. The summed E-state index contributed by atoms with van der Waals surface area (Å²) in [4.78, 5) is 0. The van der Waals surface area contributed by atoms with E-state index in [-0.39, 0.29) is 0 Å². The van der Waals surface area contributed by atoms with Crippen molar-refractivity contribution in [3.63, 3.8) is 0 Å². The Kier molecular flexibility index (Phi) is 3.65. The van der Waals surface area contributed by atoms with E-state index in [1.807, 2.05) is 6.07 Å². The van der Waals surface area contributed by atoms with Crippen LogP contribution in [0.5, 0.6) is 0 Å². The lowest BCUT2D eigenvalue weighted by molar-refractivity contribution is -0.0197. The van der Waals surface area contributed by atoms with Gasteiger partial charge in [-0.2, -0.15) is 0 Å². The summed E-state index contributed by atoms with van der Waals surface area (Å²) < 4.78 is 0. The van der Waals surface area contributed by atoms with Crippen molar-refractivity contribution in [2.75, 3.05) is 0 Å². The van der Waals surface area contributed by atoms with Crippen LogP contribution in [0.4, 0.5) is 0 Å². The molecule has 0 heterocycles. The average Bonchev–Trinajstić information content (AvgIpc) is 2.28. The van der Waals surface area contributed by atoms with E-state index in [0.29, 0.717) is 5.92 Å². The van der Waals surface area contributed by atoms with Gasteiger partial charge in [-0.05, 0) is 37.2 Å². The zero-order valence-electron chi connectivity index (χ0n) is 10.2. The first-order valence-corrected chi connectivity index (χ1v) is 6.44. The van der Waals surface area contributed by atoms with Crippen molar-refractivity contribution in [2.24, 2.45) is 5.92 Å². The molecule has 0 amide bonds. The second-order valence-corrected chi connectivity index (χ2v) is 5.41. The Hall–Kier alpha value is -0.820. The van der Waals surface area contributed by atoms with Crippen molar-refractivity contribution >= 4 is 0 Å². The first-order chi connectivity index (χ1) is 7.68.